The van der Waals surface area contributed by atoms with Crippen molar-refractivity contribution in [1.29, 1.82) is 0 Å². The zero-order valence-corrected chi connectivity index (χ0v) is 10.1. The topological polar surface area (TPSA) is 79.5 Å². The number of carbonyl (C=O) groups excluding carboxylic acids is 1. The van der Waals surface area contributed by atoms with Crippen molar-refractivity contribution >= 4 is 11.9 Å². The highest BCUT2D eigenvalue weighted by Gasteiger charge is 2.13. The van der Waals surface area contributed by atoms with E-state index in [4.69, 9.17) is 9.52 Å². The van der Waals surface area contributed by atoms with Crippen LogP contribution in [0, 0.1) is 0 Å². The molecule has 0 atom stereocenters. The van der Waals surface area contributed by atoms with E-state index in [1.807, 2.05) is 30.3 Å². The molecule has 0 saturated heterocycles. The van der Waals surface area contributed by atoms with Crippen LogP contribution in [-0.2, 0) is 6.42 Å². The molecule has 1 heterocycles. The predicted molar refractivity (Wildman–Crippen MR) is 68.1 cm³/mol. The Balaban J connectivity index is 1.85. The molecule has 2 rings (SSSR count). The van der Waals surface area contributed by atoms with E-state index < -0.39 is 11.9 Å². The molecule has 0 aliphatic heterocycles. The van der Waals surface area contributed by atoms with Crippen molar-refractivity contribution in [2.75, 3.05) is 6.54 Å². The third-order valence-corrected chi connectivity index (χ3v) is 2.61. The molecule has 0 aliphatic rings. The number of hydrogen-bond acceptors (Lipinski definition) is 3. The predicted octanol–water partition coefficient (Wildman–Crippen LogP) is 1.95. The molecule has 0 radical (unpaired) electrons. The number of carboxylic acids is 1. The fourth-order valence-electron chi connectivity index (χ4n) is 1.62. The molecule has 1 aromatic heterocycles. The Bertz CT molecular complexity index is 574. The second-order valence-corrected chi connectivity index (χ2v) is 4.00. The summed E-state index contributed by atoms with van der Waals surface area (Å²) < 4.78 is 4.90. The number of hydrogen-bond donors (Lipinski definition) is 2. The zero-order chi connectivity index (χ0) is 13.7. The third kappa shape index (κ3) is 3.45. The van der Waals surface area contributed by atoms with Crippen LogP contribution in [0.5, 0.6) is 0 Å². The molecule has 1 aromatic carbocycles. The highest BCUT2D eigenvalue weighted by Crippen LogP contribution is 2.07. The first-order chi connectivity index (χ1) is 9.16. The van der Waals surface area contributed by atoms with Crippen molar-refractivity contribution in [3.63, 3.8) is 0 Å². The largest absolute Gasteiger partial charge is 0.478 e. The summed E-state index contributed by atoms with van der Waals surface area (Å²) in [6.45, 7) is 0.464. The highest BCUT2D eigenvalue weighted by molar-refractivity contribution is 5.95. The van der Waals surface area contributed by atoms with Crippen LogP contribution < -0.4 is 5.32 Å². The lowest BCUT2D eigenvalue weighted by molar-refractivity contribution is 0.0696. The maximum absolute atomic E-state index is 11.7. The van der Waals surface area contributed by atoms with Gasteiger partial charge in [-0.05, 0) is 12.0 Å². The molecule has 0 aliphatic carbocycles. The van der Waals surface area contributed by atoms with Crippen LogP contribution in [0.3, 0.4) is 0 Å². The quantitative estimate of drug-likeness (QED) is 0.860. The minimum atomic E-state index is -1.12. The molecule has 0 saturated carbocycles. The van der Waals surface area contributed by atoms with E-state index in [9.17, 15) is 9.59 Å². The van der Waals surface area contributed by atoms with Crippen molar-refractivity contribution < 1.29 is 19.1 Å². The summed E-state index contributed by atoms with van der Waals surface area (Å²) in [7, 11) is 0. The molecule has 1 amide bonds. The van der Waals surface area contributed by atoms with Crippen LogP contribution in [0.1, 0.15) is 26.5 Å². The molecule has 98 valence electrons. The number of nitrogens with one attached hydrogen (secondary N) is 1. The number of carbonyl (C=O) groups is 2. The molecule has 0 spiro atoms. The van der Waals surface area contributed by atoms with Gasteiger partial charge >= 0.3 is 5.97 Å². The fourth-order valence-corrected chi connectivity index (χ4v) is 1.62. The molecule has 19 heavy (non-hydrogen) atoms. The third-order valence-electron chi connectivity index (χ3n) is 2.61. The molecule has 0 fully saturated rings. The first-order valence-electron chi connectivity index (χ1n) is 5.81. The van der Waals surface area contributed by atoms with Crippen molar-refractivity contribution in [3.8, 4) is 0 Å². The number of rotatable bonds is 5. The van der Waals surface area contributed by atoms with Crippen molar-refractivity contribution in [2.45, 2.75) is 6.42 Å². The maximum atomic E-state index is 11.7. The standard InChI is InChI=1S/C14H13NO4/c16-13(12-8-11(9-19-12)14(17)18)15-7-6-10-4-2-1-3-5-10/h1-5,8-9H,6-7H2,(H,15,16)(H,17,18). The lowest BCUT2D eigenvalue weighted by atomic mass is 10.1. The number of benzene rings is 1. The van der Waals surface area contributed by atoms with Gasteiger partial charge in [0, 0.05) is 12.6 Å². The van der Waals surface area contributed by atoms with Gasteiger partial charge in [-0.1, -0.05) is 30.3 Å². The van der Waals surface area contributed by atoms with E-state index in [-0.39, 0.29) is 11.3 Å². The molecule has 0 unspecified atom stereocenters. The van der Waals surface area contributed by atoms with E-state index in [1.54, 1.807) is 0 Å². The highest BCUT2D eigenvalue weighted by atomic mass is 16.4. The van der Waals surface area contributed by atoms with Gasteiger partial charge in [0.25, 0.3) is 5.91 Å². The maximum Gasteiger partial charge on any atom is 0.338 e. The van der Waals surface area contributed by atoms with Gasteiger partial charge < -0.3 is 14.8 Å². The number of furan rings is 1. The van der Waals surface area contributed by atoms with Gasteiger partial charge in [0.2, 0.25) is 0 Å². The van der Waals surface area contributed by atoms with Crippen LogP contribution in [-0.4, -0.2) is 23.5 Å². The van der Waals surface area contributed by atoms with Crippen molar-refractivity contribution in [1.82, 2.24) is 5.32 Å². The summed E-state index contributed by atoms with van der Waals surface area (Å²) >= 11 is 0. The second-order valence-electron chi connectivity index (χ2n) is 4.00. The minimum Gasteiger partial charge on any atom is -0.478 e. The summed E-state index contributed by atoms with van der Waals surface area (Å²) in [6.07, 6.45) is 1.76. The summed E-state index contributed by atoms with van der Waals surface area (Å²) in [5.74, 6) is -1.53. The van der Waals surface area contributed by atoms with Gasteiger partial charge in [0.05, 0.1) is 5.56 Å². The molecule has 5 heteroatoms. The summed E-state index contributed by atoms with van der Waals surface area (Å²) in [5, 5.41) is 11.4. The van der Waals surface area contributed by atoms with Crippen molar-refractivity contribution in [3.05, 3.63) is 59.5 Å². The number of amides is 1. The van der Waals surface area contributed by atoms with E-state index in [2.05, 4.69) is 5.32 Å². The van der Waals surface area contributed by atoms with E-state index >= 15 is 0 Å². The fraction of sp³-hybridized carbons (Fsp3) is 0.143. The molecule has 2 aromatic rings. The van der Waals surface area contributed by atoms with Gasteiger partial charge in [-0.15, -0.1) is 0 Å². The first kappa shape index (κ1) is 12.9. The number of carboxylic acid groups (broad SMARTS) is 1. The molecule has 0 bridgehead atoms. The van der Waals surface area contributed by atoms with Crippen LogP contribution in [0.2, 0.25) is 0 Å². The Kier molecular flexibility index (Phi) is 3.97. The Morgan fingerprint density at radius 1 is 1.21 bits per heavy atom. The zero-order valence-electron chi connectivity index (χ0n) is 10.1. The van der Waals surface area contributed by atoms with Gasteiger partial charge in [-0.3, -0.25) is 4.79 Å². The van der Waals surface area contributed by atoms with E-state index in [1.165, 1.54) is 6.07 Å². The first-order valence-corrected chi connectivity index (χ1v) is 5.81. The van der Waals surface area contributed by atoms with Gasteiger partial charge in [-0.25, -0.2) is 4.79 Å². The molecular weight excluding hydrogens is 246 g/mol. The van der Waals surface area contributed by atoms with E-state index in [0.717, 1.165) is 11.8 Å². The van der Waals surface area contributed by atoms with Crippen LogP contribution in [0.25, 0.3) is 0 Å². The Morgan fingerprint density at radius 2 is 1.95 bits per heavy atom. The Hall–Kier alpha value is -2.56. The molecule has 5 nitrogen and oxygen atoms in total. The van der Waals surface area contributed by atoms with Gasteiger partial charge in [0.15, 0.2) is 5.76 Å². The summed E-state index contributed by atoms with van der Waals surface area (Å²) in [6, 6.07) is 11.0. The second kappa shape index (κ2) is 5.86. The SMILES string of the molecule is O=C(O)c1coc(C(=O)NCCc2ccccc2)c1. The summed E-state index contributed by atoms with van der Waals surface area (Å²) in [5.41, 5.74) is 1.08. The lowest BCUT2D eigenvalue weighted by Crippen LogP contribution is -2.25. The number of aromatic carboxylic acids is 1. The monoisotopic (exact) mass is 259 g/mol. The average Bonchev–Trinajstić information content (AvgIpc) is 2.89. The molecular formula is C14H13NO4. The van der Waals surface area contributed by atoms with Gasteiger partial charge in [-0.2, -0.15) is 0 Å². The lowest BCUT2D eigenvalue weighted by Gasteiger charge is -2.03. The normalized spacial score (nSPS) is 10.1. The Labute approximate surface area is 109 Å². The Morgan fingerprint density at radius 3 is 2.58 bits per heavy atom. The molecule has 2 N–H and O–H groups in total. The van der Waals surface area contributed by atoms with Crippen LogP contribution in [0.4, 0.5) is 0 Å². The van der Waals surface area contributed by atoms with Crippen LogP contribution in [0.15, 0.2) is 47.1 Å². The van der Waals surface area contributed by atoms with Crippen LogP contribution >= 0.6 is 0 Å². The van der Waals surface area contributed by atoms with Gasteiger partial charge in [0.1, 0.15) is 6.26 Å². The average molecular weight is 259 g/mol. The van der Waals surface area contributed by atoms with Crippen molar-refractivity contribution in [2.24, 2.45) is 0 Å². The van der Waals surface area contributed by atoms with E-state index in [0.29, 0.717) is 13.0 Å². The smallest absolute Gasteiger partial charge is 0.338 e. The summed E-state index contributed by atoms with van der Waals surface area (Å²) in [4.78, 5) is 22.3. The minimum absolute atomic E-state index is 0.00506.